The molecule has 0 unspecified atom stereocenters. The van der Waals surface area contributed by atoms with Crippen molar-refractivity contribution in [2.45, 2.75) is 37.6 Å². The van der Waals surface area contributed by atoms with Crippen LogP contribution in [0.1, 0.15) is 42.5 Å². The quantitative estimate of drug-likeness (QED) is 0.846. The van der Waals surface area contributed by atoms with Gasteiger partial charge in [0, 0.05) is 10.0 Å². The number of hydrogen-bond donors (Lipinski definition) is 1. The zero-order chi connectivity index (χ0) is 11.6. The van der Waals surface area contributed by atoms with Gasteiger partial charge in [0.1, 0.15) is 0 Å². The van der Waals surface area contributed by atoms with E-state index in [4.69, 9.17) is 5.73 Å². The zero-order valence-corrected chi connectivity index (χ0v) is 10.8. The molecule has 16 heavy (non-hydrogen) atoms. The van der Waals surface area contributed by atoms with E-state index < -0.39 is 5.54 Å². The third-order valence-electron chi connectivity index (χ3n) is 3.30. The summed E-state index contributed by atoms with van der Waals surface area (Å²) in [5.41, 5.74) is 6.32. The fraction of sp³-hybridized carbons (Fsp3) is 0.462. The summed E-state index contributed by atoms with van der Waals surface area (Å²) in [4.78, 5) is 12.3. The molecule has 2 N–H and O–H groups in total. The Labute approximate surface area is 104 Å². The van der Waals surface area contributed by atoms with Crippen LogP contribution in [0.4, 0.5) is 0 Å². The van der Waals surface area contributed by atoms with Crippen molar-refractivity contribution in [2.24, 2.45) is 5.73 Å². The highest BCUT2D eigenvalue weighted by atomic mass is 79.9. The lowest BCUT2D eigenvalue weighted by atomic mass is 9.77. The Morgan fingerprint density at radius 2 is 1.69 bits per heavy atom. The molecule has 0 saturated heterocycles. The van der Waals surface area contributed by atoms with E-state index in [2.05, 4.69) is 15.9 Å². The van der Waals surface area contributed by atoms with Gasteiger partial charge in [0.15, 0.2) is 5.78 Å². The molecule has 1 aromatic rings. The lowest BCUT2D eigenvalue weighted by Gasteiger charge is -2.31. The molecular weight excluding hydrogens is 266 g/mol. The molecule has 3 heteroatoms. The molecule has 1 aromatic carbocycles. The SMILES string of the molecule is NC1(C(=O)c2ccc(Br)cc2)CCCCC1. The van der Waals surface area contributed by atoms with Crippen LogP contribution in [0.5, 0.6) is 0 Å². The molecule has 0 spiro atoms. The Balaban J connectivity index is 2.20. The third-order valence-corrected chi connectivity index (χ3v) is 3.83. The first-order valence-electron chi connectivity index (χ1n) is 5.71. The van der Waals surface area contributed by atoms with Crippen LogP contribution >= 0.6 is 15.9 Å². The number of halogens is 1. The van der Waals surface area contributed by atoms with Crippen LogP contribution in [0.25, 0.3) is 0 Å². The maximum absolute atomic E-state index is 12.3. The summed E-state index contributed by atoms with van der Waals surface area (Å²) in [6.45, 7) is 0. The number of Topliss-reactive ketones (excluding diaryl/α,β-unsaturated/α-hetero) is 1. The third kappa shape index (κ3) is 2.36. The molecule has 0 radical (unpaired) electrons. The summed E-state index contributed by atoms with van der Waals surface area (Å²) >= 11 is 3.36. The number of ketones is 1. The summed E-state index contributed by atoms with van der Waals surface area (Å²) in [6, 6.07) is 7.46. The highest BCUT2D eigenvalue weighted by Crippen LogP contribution is 2.29. The standard InChI is InChI=1S/C13H16BrNO/c14-11-6-4-10(5-7-11)12(16)13(15)8-2-1-3-9-13/h4-7H,1-3,8-9,15H2. The molecule has 0 atom stereocenters. The van der Waals surface area contributed by atoms with Crippen molar-refractivity contribution < 1.29 is 4.79 Å². The molecule has 0 heterocycles. The van der Waals surface area contributed by atoms with Gasteiger partial charge in [-0.2, -0.15) is 0 Å². The van der Waals surface area contributed by atoms with Crippen molar-refractivity contribution in [2.75, 3.05) is 0 Å². The first kappa shape index (κ1) is 11.8. The van der Waals surface area contributed by atoms with Gasteiger partial charge in [-0.3, -0.25) is 4.79 Å². The minimum Gasteiger partial charge on any atom is -0.319 e. The predicted octanol–water partition coefficient (Wildman–Crippen LogP) is 3.29. The van der Waals surface area contributed by atoms with E-state index >= 15 is 0 Å². The highest BCUT2D eigenvalue weighted by Gasteiger charge is 2.35. The van der Waals surface area contributed by atoms with Crippen LogP contribution in [0.15, 0.2) is 28.7 Å². The monoisotopic (exact) mass is 281 g/mol. The molecule has 1 saturated carbocycles. The molecule has 0 aromatic heterocycles. The number of rotatable bonds is 2. The van der Waals surface area contributed by atoms with E-state index in [1.807, 2.05) is 24.3 Å². The van der Waals surface area contributed by atoms with Crippen LogP contribution < -0.4 is 5.73 Å². The summed E-state index contributed by atoms with van der Waals surface area (Å²) in [5, 5.41) is 0. The molecule has 2 rings (SSSR count). The van der Waals surface area contributed by atoms with Gasteiger partial charge in [-0.05, 0) is 25.0 Å². The molecule has 1 aliphatic rings. The Bertz CT molecular complexity index is 379. The summed E-state index contributed by atoms with van der Waals surface area (Å²) in [5.74, 6) is 0.0969. The van der Waals surface area contributed by atoms with Gasteiger partial charge < -0.3 is 5.73 Å². The van der Waals surface area contributed by atoms with E-state index in [9.17, 15) is 4.79 Å². The topological polar surface area (TPSA) is 43.1 Å². The van der Waals surface area contributed by atoms with Gasteiger partial charge in [0.05, 0.1) is 5.54 Å². The molecule has 86 valence electrons. The van der Waals surface area contributed by atoms with Crippen molar-refractivity contribution in [3.05, 3.63) is 34.3 Å². The fourth-order valence-electron chi connectivity index (χ4n) is 2.30. The molecule has 0 bridgehead atoms. The van der Waals surface area contributed by atoms with Gasteiger partial charge in [0.2, 0.25) is 0 Å². The molecular formula is C13H16BrNO. The van der Waals surface area contributed by atoms with Crippen molar-refractivity contribution in [1.29, 1.82) is 0 Å². The van der Waals surface area contributed by atoms with Gasteiger partial charge in [0.25, 0.3) is 0 Å². The van der Waals surface area contributed by atoms with Gasteiger partial charge >= 0.3 is 0 Å². The zero-order valence-electron chi connectivity index (χ0n) is 9.21. The minimum absolute atomic E-state index is 0.0969. The Hall–Kier alpha value is -0.670. The summed E-state index contributed by atoms with van der Waals surface area (Å²) < 4.78 is 0.985. The second-order valence-corrected chi connectivity index (χ2v) is 5.47. The van der Waals surface area contributed by atoms with Crippen LogP contribution in [0.2, 0.25) is 0 Å². The first-order valence-corrected chi connectivity index (χ1v) is 6.50. The largest absolute Gasteiger partial charge is 0.319 e. The van der Waals surface area contributed by atoms with Gasteiger partial charge in [-0.15, -0.1) is 0 Å². The van der Waals surface area contributed by atoms with Crippen molar-refractivity contribution in [3.63, 3.8) is 0 Å². The maximum atomic E-state index is 12.3. The van der Waals surface area contributed by atoms with Crippen molar-refractivity contribution in [1.82, 2.24) is 0 Å². The minimum atomic E-state index is -0.619. The number of nitrogens with two attached hydrogens (primary N) is 1. The lowest BCUT2D eigenvalue weighted by molar-refractivity contribution is 0.0848. The van der Waals surface area contributed by atoms with Gasteiger partial charge in [-0.25, -0.2) is 0 Å². The van der Waals surface area contributed by atoms with E-state index in [0.29, 0.717) is 0 Å². The number of hydrogen-bond acceptors (Lipinski definition) is 2. The van der Waals surface area contributed by atoms with E-state index in [1.165, 1.54) is 6.42 Å². The maximum Gasteiger partial charge on any atom is 0.182 e. The summed E-state index contributed by atoms with van der Waals surface area (Å²) in [7, 11) is 0. The highest BCUT2D eigenvalue weighted by molar-refractivity contribution is 9.10. The summed E-state index contributed by atoms with van der Waals surface area (Å²) in [6.07, 6.45) is 4.98. The molecule has 1 aliphatic carbocycles. The smallest absolute Gasteiger partial charge is 0.182 e. The number of benzene rings is 1. The number of carbonyl (C=O) groups is 1. The van der Waals surface area contributed by atoms with Crippen LogP contribution in [0, 0.1) is 0 Å². The normalized spacial score (nSPS) is 19.4. The first-order chi connectivity index (χ1) is 7.62. The molecule has 0 aliphatic heterocycles. The second-order valence-electron chi connectivity index (χ2n) is 4.55. The number of carbonyl (C=O) groups excluding carboxylic acids is 1. The van der Waals surface area contributed by atoms with Crippen molar-refractivity contribution >= 4 is 21.7 Å². The molecule has 2 nitrogen and oxygen atoms in total. The Kier molecular flexibility index (Phi) is 3.45. The van der Waals surface area contributed by atoms with Crippen LogP contribution in [0.3, 0.4) is 0 Å². The lowest BCUT2D eigenvalue weighted by Crippen LogP contribution is -2.49. The molecule has 0 amide bonds. The van der Waals surface area contributed by atoms with Crippen molar-refractivity contribution in [3.8, 4) is 0 Å². The van der Waals surface area contributed by atoms with E-state index in [-0.39, 0.29) is 5.78 Å². The molecule has 1 fully saturated rings. The Morgan fingerprint density at radius 1 is 1.12 bits per heavy atom. The van der Waals surface area contributed by atoms with Crippen LogP contribution in [-0.2, 0) is 0 Å². The average molecular weight is 282 g/mol. The second kappa shape index (κ2) is 4.68. The Morgan fingerprint density at radius 3 is 2.25 bits per heavy atom. The fourth-order valence-corrected chi connectivity index (χ4v) is 2.56. The van der Waals surface area contributed by atoms with E-state index in [0.717, 1.165) is 35.7 Å². The average Bonchev–Trinajstić information content (AvgIpc) is 2.30. The van der Waals surface area contributed by atoms with Crippen LogP contribution in [-0.4, -0.2) is 11.3 Å². The van der Waals surface area contributed by atoms with Gasteiger partial charge in [-0.1, -0.05) is 47.3 Å². The predicted molar refractivity (Wildman–Crippen MR) is 68.5 cm³/mol. The van der Waals surface area contributed by atoms with E-state index in [1.54, 1.807) is 0 Å².